The van der Waals surface area contributed by atoms with Crippen LogP contribution in [0.5, 0.6) is 0 Å². The second-order valence-corrected chi connectivity index (χ2v) is 5.29. The first-order chi connectivity index (χ1) is 6.76. The molecular weight excluding hydrogens is 239 g/mol. The molecule has 0 radical (unpaired) electrons. The Morgan fingerprint density at radius 2 is 2.29 bits per heavy atom. The molecule has 0 nitrogen and oxygen atoms in total. The molecule has 2 aromatic rings. The number of hydrogen-bond acceptors (Lipinski definition) is 2. The highest BCUT2D eigenvalue weighted by Crippen LogP contribution is 2.34. The van der Waals surface area contributed by atoms with Crippen LogP contribution >= 0.6 is 34.7 Å². The van der Waals surface area contributed by atoms with Crippen LogP contribution in [-0.2, 0) is 5.88 Å². The zero-order valence-corrected chi connectivity index (χ0v) is 9.90. The molecule has 0 N–H and O–H groups in total. The van der Waals surface area contributed by atoms with Gasteiger partial charge >= 0.3 is 0 Å². The number of hydrogen-bond donors (Lipinski definition) is 0. The lowest BCUT2D eigenvalue weighted by atomic mass is 10.2. The summed E-state index contributed by atoms with van der Waals surface area (Å²) in [5, 5.41) is 0.964. The molecule has 1 aromatic carbocycles. The van der Waals surface area contributed by atoms with Gasteiger partial charge in [-0.1, -0.05) is 12.1 Å². The van der Waals surface area contributed by atoms with Crippen LogP contribution in [0, 0.1) is 5.82 Å². The largest absolute Gasteiger partial charge is 0.205 e. The first-order valence-electron chi connectivity index (χ1n) is 4.07. The van der Waals surface area contributed by atoms with Crippen molar-refractivity contribution >= 4 is 44.8 Å². The first-order valence-corrected chi connectivity index (χ1v) is 6.64. The van der Waals surface area contributed by atoms with Crippen LogP contribution in [0.4, 0.5) is 4.39 Å². The van der Waals surface area contributed by atoms with Crippen molar-refractivity contribution in [1.29, 1.82) is 0 Å². The Morgan fingerprint density at radius 3 is 2.93 bits per heavy atom. The van der Waals surface area contributed by atoms with E-state index in [1.165, 1.54) is 11.3 Å². The van der Waals surface area contributed by atoms with Crippen molar-refractivity contribution < 1.29 is 4.39 Å². The van der Waals surface area contributed by atoms with Gasteiger partial charge in [-0.2, -0.15) is 0 Å². The van der Waals surface area contributed by atoms with Crippen LogP contribution in [0.3, 0.4) is 0 Å². The molecule has 14 heavy (non-hydrogen) atoms. The van der Waals surface area contributed by atoms with Gasteiger partial charge < -0.3 is 0 Å². The lowest BCUT2D eigenvalue weighted by Crippen LogP contribution is -1.84. The van der Waals surface area contributed by atoms with E-state index in [0.717, 1.165) is 9.60 Å². The van der Waals surface area contributed by atoms with Gasteiger partial charge in [-0.3, -0.25) is 0 Å². The van der Waals surface area contributed by atoms with Crippen molar-refractivity contribution in [2.24, 2.45) is 0 Å². The number of thiophene rings is 1. The zero-order valence-electron chi connectivity index (χ0n) is 7.51. The molecule has 0 spiro atoms. The van der Waals surface area contributed by atoms with Gasteiger partial charge in [-0.25, -0.2) is 4.39 Å². The molecule has 0 amide bonds. The summed E-state index contributed by atoms with van der Waals surface area (Å²) >= 11 is 8.75. The summed E-state index contributed by atoms with van der Waals surface area (Å²) in [6, 6.07) is 5.68. The van der Waals surface area contributed by atoms with E-state index in [2.05, 4.69) is 0 Å². The van der Waals surface area contributed by atoms with Crippen LogP contribution < -0.4 is 0 Å². The topological polar surface area (TPSA) is 0 Å². The molecule has 74 valence electrons. The molecule has 2 rings (SSSR count). The summed E-state index contributed by atoms with van der Waals surface area (Å²) in [5.74, 6) is 0.0664. The fraction of sp³-hybridized carbons (Fsp3) is 0.200. The maximum atomic E-state index is 13.7. The quantitative estimate of drug-likeness (QED) is 0.555. The Kier molecular flexibility index (Phi) is 3.00. The van der Waals surface area contributed by atoms with Gasteiger partial charge in [-0.15, -0.1) is 34.7 Å². The maximum Gasteiger partial charge on any atom is 0.145 e. The van der Waals surface area contributed by atoms with Crippen molar-refractivity contribution in [1.82, 2.24) is 0 Å². The highest BCUT2D eigenvalue weighted by atomic mass is 35.5. The summed E-state index contributed by atoms with van der Waals surface area (Å²) in [7, 11) is 0. The first kappa shape index (κ1) is 10.3. The van der Waals surface area contributed by atoms with Crippen LogP contribution in [0.15, 0.2) is 22.4 Å². The standard InChI is InChI=1S/C10H8ClFS2/c1-13-8-4-6-2-3-7(5-11)9(12)10(6)14-8/h2-4H,5H2,1H3. The third-order valence-corrected chi connectivity index (χ3v) is 4.52. The summed E-state index contributed by atoms with van der Waals surface area (Å²) < 4.78 is 15.6. The molecule has 0 aliphatic rings. The predicted molar refractivity (Wildman–Crippen MR) is 63.1 cm³/mol. The van der Waals surface area contributed by atoms with Crippen molar-refractivity contribution in [2.75, 3.05) is 6.26 Å². The molecule has 4 heteroatoms. The van der Waals surface area contributed by atoms with Crippen LogP contribution in [0.2, 0.25) is 0 Å². The fourth-order valence-corrected chi connectivity index (χ4v) is 3.18. The van der Waals surface area contributed by atoms with Crippen molar-refractivity contribution in [3.63, 3.8) is 0 Å². The van der Waals surface area contributed by atoms with E-state index in [9.17, 15) is 4.39 Å². The van der Waals surface area contributed by atoms with E-state index in [0.29, 0.717) is 10.3 Å². The normalized spacial score (nSPS) is 11.1. The lowest BCUT2D eigenvalue weighted by Gasteiger charge is -1.98. The van der Waals surface area contributed by atoms with Gasteiger partial charge in [0.2, 0.25) is 0 Å². The molecule has 1 heterocycles. The Balaban J connectivity index is 2.68. The summed E-state index contributed by atoms with van der Waals surface area (Å²) in [4.78, 5) is 0. The Labute approximate surface area is 95.1 Å². The monoisotopic (exact) mass is 246 g/mol. The number of thioether (sulfide) groups is 1. The number of halogens is 2. The van der Waals surface area contributed by atoms with E-state index in [4.69, 9.17) is 11.6 Å². The zero-order chi connectivity index (χ0) is 10.1. The van der Waals surface area contributed by atoms with Gasteiger partial charge in [0.15, 0.2) is 0 Å². The lowest BCUT2D eigenvalue weighted by molar-refractivity contribution is 0.631. The molecule has 0 atom stereocenters. The number of rotatable bonds is 2. The van der Waals surface area contributed by atoms with Gasteiger partial charge in [0.05, 0.1) is 14.8 Å². The van der Waals surface area contributed by atoms with E-state index >= 15 is 0 Å². The predicted octanol–water partition coefficient (Wildman–Crippen LogP) is 4.50. The third kappa shape index (κ3) is 1.64. The van der Waals surface area contributed by atoms with E-state index in [1.807, 2.05) is 18.4 Å². The summed E-state index contributed by atoms with van der Waals surface area (Å²) in [6.07, 6.45) is 1.99. The molecule has 0 fully saturated rings. The Hall–Kier alpha value is -0.250. The van der Waals surface area contributed by atoms with Gasteiger partial charge in [0, 0.05) is 5.56 Å². The highest BCUT2D eigenvalue weighted by Gasteiger charge is 2.09. The van der Waals surface area contributed by atoms with E-state index in [1.54, 1.807) is 17.8 Å². The average molecular weight is 247 g/mol. The van der Waals surface area contributed by atoms with Crippen LogP contribution in [0.25, 0.3) is 10.1 Å². The fourth-order valence-electron chi connectivity index (χ4n) is 1.29. The molecule has 0 saturated carbocycles. The number of benzene rings is 1. The van der Waals surface area contributed by atoms with E-state index < -0.39 is 0 Å². The SMILES string of the molecule is CSc1cc2ccc(CCl)c(F)c2s1. The van der Waals surface area contributed by atoms with E-state index in [-0.39, 0.29) is 11.7 Å². The van der Waals surface area contributed by atoms with Gasteiger partial charge in [0.1, 0.15) is 5.82 Å². The van der Waals surface area contributed by atoms with Crippen LogP contribution in [0.1, 0.15) is 5.56 Å². The molecule has 1 aromatic heterocycles. The second-order valence-electron chi connectivity index (χ2n) is 2.86. The van der Waals surface area contributed by atoms with Crippen molar-refractivity contribution in [3.8, 4) is 0 Å². The molecule has 0 aliphatic carbocycles. The van der Waals surface area contributed by atoms with Crippen molar-refractivity contribution in [3.05, 3.63) is 29.6 Å². The van der Waals surface area contributed by atoms with Crippen LogP contribution in [-0.4, -0.2) is 6.26 Å². The smallest absolute Gasteiger partial charge is 0.145 e. The highest BCUT2D eigenvalue weighted by molar-refractivity contribution is 8.00. The minimum Gasteiger partial charge on any atom is -0.205 e. The molecule has 0 saturated heterocycles. The van der Waals surface area contributed by atoms with Crippen molar-refractivity contribution in [2.45, 2.75) is 10.1 Å². The number of fused-ring (bicyclic) bond motifs is 1. The second kappa shape index (κ2) is 4.09. The van der Waals surface area contributed by atoms with Gasteiger partial charge in [0.25, 0.3) is 0 Å². The minimum absolute atomic E-state index is 0.164. The minimum atomic E-state index is -0.164. The summed E-state index contributed by atoms with van der Waals surface area (Å²) in [5.41, 5.74) is 0.577. The molecular formula is C10H8ClFS2. The maximum absolute atomic E-state index is 13.7. The average Bonchev–Trinajstić information content (AvgIpc) is 2.62. The Bertz CT molecular complexity index is 464. The van der Waals surface area contributed by atoms with Gasteiger partial charge in [-0.05, 0) is 17.7 Å². The molecule has 0 aliphatic heterocycles. The summed E-state index contributed by atoms with van der Waals surface area (Å²) in [6.45, 7) is 0. The number of alkyl halides is 1. The Morgan fingerprint density at radius 1 is 1.50 bits per heavy atom. The molecule has 0 unspecified atom stereocenters. The molecule has 0 bridgehead atoms. The third-order valence-electron chi connectivity index (χ3n) is 2.03.